The van der Waals surface area contributed by atoms with Crippen LogP contribution in [0.4, 0.5) is 0 Å². The van der Waals surface area contributed by atoms with Crippen molar-refractivity contribution in [1.29, 1.82) is 0 Å². The van der Waals surface area contributed by atoms with Crippen molar-refractivity contribution in [2.45, 2.75) is 27.3 Å². The third kappa shape index (κ3) is 7.41. The number of rotatable bonds is 8. The number of hydrogen-bond donors (Lipinski definition) is 2. The summed E-state index contributed by atoms with van der Waals surface area (Å²) in [4.78, 5) is 17.6. The number of halogens is 1. The van der Waals surface area contributed by atoms with Crippen LogP contribution in [-0.4, -0.2) is 43.5 Å². The minimum atomic E-state index is -0.585. The fourth-order valence-electron chi connectivity index (χ4n) is 2.64. The van der Waals surface area contributed by atoms with Gasteiger partial charge in [0.15, 0.2) is 11.7 Å². The van der Waals surface area contributed by atoms with Gasteiger partial charge in [-0.15, -0.1) is 24.0 Å². The molecule has 8 heteroatoms. The minimum Gasteiger partial charge on any atom is -0.492 e. The van der Waals surface area contributed by atoms with Crippen molar-refractivity contribution >= 4 is 35.8 Å². The SMILES string of the molecule is CCNC(=NCc1ccc(C(N)=O)o1)N(C)CCOc1cc(C)cc(C)c1.I. The lowest BCUT2D eigenvalue weighted by molar-refractivity contribution is 0.0972. The first-order valence-corrected chi connectivity index (χ1v) is 8.98. The molecule has 0 bridgehead atoms. The lowest BCUT2D eigenvalue weighted by Gasteiger charge is -2.22. The largest absolute Gasteiger partial charge is 0.492 e. The van der Waals surface area contributed by atoms with Crippen LogP contribution in [0.3, 0.4) is 0 Å². The van der Waals surface area contributed by atoms with E-state index in [-0.39, 0.29) is 29.7 Å². The van der Waals surface area contributed by atoms with Gasteiger partial charge in [-0.2, -0.15) is 0 Å². The number of carbonyl (C=O) groups excluding carboxylic acids is 1. The van der Waals surface area contributed by atoms with Crippen LogP contribution in [0, 0.1) is 13.8 Å². The van der Waals surface area contributed by atoms with Crippen LogP contribution in [0.5, 0.6) is 5.75 Å². The number of guanidine groups is 1. The van der Waals surface area contributed by atoms with E-state index in [4.69, 9.17) is 14.9 Å². The molecule has 0 radical (unpaired) electrons. The maximum Gasteiger partial charge on any atom is 0.284 e. The molecule has 1 aromatic carbocycles. The van der Waals surface area contributed by atoms with Gasteiger partial charge in [-0.05, 0) is 56.2 Å². The predicted molar refractivity (Wildman–Crippen MR) is 121 cm³/mol. The number of ether oxygens (including phenoxy) is 1. The number of hydrogen-bond acceptors (Lipinski definition) is 4. The number of amides is 1. The second-order valence-electron chi connectivity index (χ2n) is 6.39. The van der Waals surface area contributed by atoms with Crippen LogP contribution in [0.1, 0.15) is 34.4 Å². The summed E-state index contributed by atoms with van der Waals surface area (Å²) in [7, 11) is 1.95. The van der Waals surface area contributed by atoms with Gasteiger partial charge in [0.25, 0.3) is 5.91 Å². The summed E-state index contributed by atoms with van der Waals surface area (Å²) in [5.41, 5.74) is 7.56. The van der Waals surface area contributed by atoms with Crippen LogP contribution in [-0.2, 0) is 6.54 Å². The molecule has 1 amide bonds. The number of aryl methyl sites for hydroxylation is 2. The van der Waals surface area contributed by atoms with E-state index in [1.807, 2.05) is 31.0 Å². The summed E-state index contributed by atoms with van der Waals surface area (Å²) >= 11 is 0. The van der Waals surface area contributed by atoms with E-state index in [2.05, 4.69) is 30.2 Å². The monoisotopic (exact) mass is 500 g/mol. The Morgan fingerprint density at radius 1 is 1.25 bits per heavy atom. The number of carbonyl (C=O) groups is 1. The quantitative estimate of drug-likeness (QED) is 0.330. The van der Waals surface area contributed by atoms with Crippen molar-refractivity contribution < 1.29 is 13.9 Å². The number of nitrogens with one attached hydrogen (secondary N) is 1. The van der Waals surface area contributed by atoms with Gasteiger partial charge in [-0.25, -0.2) is 4.99 Å². The second kappa shape index (κ2) is 11.6. The molecule has 0 unspecified atom stereocenters. The lowest BCUT2D eigenvalue weighted by atomic mass is 10.1. The zero-order chi connectivity index (χ0) is 19.8. The van der Waals surface area contributed by atoms with Crippen LogP contribution in [0.15, 0.2) is 39.7 Å². The van der Waals surface area contributed by atoms with Gasteiger partial charge in [0.2, 0.25) is 0 Å². The minimum absolute atomic E-state index is 0. The zero-order valence-corrected chi connectivity index (χ0v) is 19.2. The number of benzene rings is 1. The number of aliphatic imine (C=N–C) groups is 1. The molecule has 0 fully saturated rings. The van der Waals surface area contributed by atoms with E-state index in [1.54, 1.807) is 12.1 Å². The molecule has 0 aliphatic rings. The highest BCUT2D eigenvalue weighted by Crippen LogP contribution is 2.16. The van der Waals surface area contributed by atoms with Crippen molar-refractivity contribution in [3.05, 3.63) is 53.0 Å². The fourth-order valence-corrected chi connectivity index (χ4v) is 2.64. The second-order valence-corrected chi connectivity index (χ2v) is 6.39. The summed E-state index contributed by atoms with van der Waals surface area (Å²) in [5.74, 6) is 1.74. The lowest BCUT2D eigenvalue weighted by Crippen LogP contribution is -2.40. The van der Waals surface area contributed by atoms with E-state index in [1.165, 1.54) is 11.1 Å². The summed E-state index contributed by atoms with van der Waals surface area (Å²) in [6.45, 7) is 8.39. The van der Waals surface area contributed by atoms with E-state index in [0.717, 1.165) is 18.3 Å². The van der Waals surface area contributed by atoms with Crippen molar-refractivity contribution in [2.24, 2.45) is 10.7 Å². The van der Waals surface area contributed by atoms with Gasteiger partial charge in [-0.1, -0.05) is 6.07 Å². The van der Waals surface area contributed by atoms with Crippen LogP contribution >= 0.6 is 24.0 Å². The first-order valence-electron chi connectivity index (χ1n) is 8.98. The topological polar surface area (TPSA) is 93.1 Å². The third-order valence-corrected chi connectivity index (χ3v) is 3.88. The van der Waals surface area contributed by atoms with Crippen LogP contribution < -0.4 is 15.8 Å². The summed E-state index contributed by atoms with van der Waals surface area (Å²) in [6, 6.07) is 9.43. The Kier molecular flexibility index (Phi) is 9.84. The Bertz CT molecular complexity index is 784. The average Bonchev–Trinajstić information content (AvgIpc) is 3.07. The molecule has 2 aromatic rings. The zero-order valence-electron chi connectivity index (χ0n) is 16.8. The molecule has 0 aliphatic carbocycles. The van der Waals surface area contributed by atoms with Crippen molar-refractivity contribution in [3.63, 3.8) is 0 Å². The molecule has 0 saturated carbocycles. The first-order chi connectivity index (χ1) is 12.9. The van der Waals surface area contributed by atoms with Crippen LogP contribution in [0.2, 0.25) is 0 Å². The maximum absolute atomic E-state index is 11.1. The standard InChI is InChI=1S/C20H28N4O3.HI/c1-5-22-20(23-13-16-6-7-18(27-16)19(21)25)24(4)8-9-26-17-11-14(2)10-15(3)12-17;/h6-7,10-12H,5,8-9,13H2,1-4H3,(H2,21,25)(H,22,23);1H. The highest BCUT2D eigenvalue weighted by Gasteiger charge is 2.09. The van der Waals surface area contributed by atoms with E-state index in [0.29, 0.717) is 25.5 Å². The van der Waals surface area contributed by atoms with Crippen molar-refractivity contribution in [1.82, 2.24) is 10.2 Å². The highest BCUT2D eigenvalue weighted by atomic mass is 127. The number of primary amides is 1. The Morgan fingerprint density at radius 3 is 2.50 bits per heavy atom. The number of furan rings is 1. The normalized spacial score (nSPS) is 10.9. The molecule has 3 N–H and O–H groups in total. The average molecular weight is 500 g/mol. The molecule has 0 spiro atoms. The molecule has 1 heterocycles. The van der Waals surface area contributed by atoms with E-state index < -0.39 is 5.91 Å². The first kappa shape index (κ1) is 23.8. The fraction of sp³-hybridized carbons (Fsp3) is 0.400. The van der Waals surface area contributed by atoms with Gasteiger partial charge in [-0.3, -0.25) is 4.79 Å². The molecule has 28 heavy (non-hydrogen) atoms. The summed E-state index contributed by atoms with van der Waals surface area (Å²) in [6.07, 6.45) is 0. The Morgan fingerprint density at radius 2 is 1.93 bits per heavy atom. The number of likely N-dealkylation sites (N-methyl/N-ethyl adjacent to an activating group) is 1. The molecular formula is C20H29IN4O3. The van der Waals surface area contributed by atoms with Gasteiger partial charge in [0.05, 0.1) is 6.54 Å². The highest BCUT2D eigenvalue weighted by molar-refractivity contribution is 14.0. The maximum atomic E-state index is 11.1. The molecule has 154 valence electrons. The van der Waals surface area contributed by atoms with Crippen molar-refractivity contribution in [2.75, 3.05) is 26.7 Å². The third-order valence-electron chi connectivity index (χ3n) is 3.88. The smallest absolute Gasteiger partial charge is 0.284 e. The molecule has 1 aromatic heterocycles. The predicted octanol–water partition coefficient (Wildman–Crippen LogP) is 3.09. The number of nitrogens with zero attached hydrogens (tertiary/aromatic N) is 2. The molecular weight excluding hydrogens is 471 g/mol. The Hall–Kier alpha value is -2.23. The molecule has 0 aliphatic heterocycles. The van der Waals surface area contributed by atoms with Gasteiger partial charge in [0, 0.05) is 13.6 Å². The molecule has 7 nitrogen and oxygen atoms in total. The Labute approximate surface area is 183 Å². The molecule has 0 atom stereocenters. The number of nitrogens with two attached hydrogens (primary N) is 1. The summed E-state index contributed by atoms with van der Waals surface area (Å²) < 4.78 is 11.2. The van der Waals surface area contributed by atoms with Gasteiger partial charge in [0.1, 0.15) is 24.7 Å². The molecule has 0 saturated heterocycles. The van der Waals surface area contributed by atoms with E-state index in [9.17, 15) is 4.79 Å². The molecule has 2 rings (SSSR count). The van der Waals surface area contributed by atoms with E-state index >= 15 is 0 Å². The van der Waals surface area contributed by atoms with Gasteiger partial charge >= 0.3 is 0 Å². The van der Waals surface area contributed by atoms with Gasteiger partial charge < -0.3 is 25.1 Å². The van der Waals surface area contributed by atoms with Crippen LogP contribution in [0.25, 0.3) is 0 Å². The summed E-state index contributed by atoms with van der Waals surface area (Å²) in [5, 5.41) is 3.24. The van der Waals surface area contributed by atoms with Crippen molar-refractivity contribution in [3.8, 4) is 5.75 Å². The Balaban J connectivity index is 0.00000392.